The topological polar surface area (TPSA) is 71.4 Å². The summed E-state index contributed by atoms with van der Waals surface area (Å²) in [5.41, 5.74) is 5.74. The number of amides is 3. The fraction of sp³-hybridized carbons (Fsp3) is 0.194. The first-order valence-electron chi connectivity index (χ1n) is 13.1. The number of rotatable bonds is 5. The van der Waals surface area contributed by atoms with Crippen LogP contribution in [0.1, 0.15) is 50.6 Å². The Morgan fingerprint density at radius 1 is 1.00 bits per heavy atom. The van der Waals surface area contributed by atoms with Gasteiger partial charge in [-0.25, -0.2) is 4.90 Å². The van der Waals surface area contributed by atoms with Gasteiger partial charge in [-0.15, -0.1) is 11.3 Å². The van der Waals surface area contributed by atoms with Crippen LogP contribution in [0.5, 0.6) is 0 Å². The van der Waals surface area contributed by atoms with Gasteiger partial charge in [0.05, 0.1) is 16.2 Å². The molecule has 6 nitrogen and oxygen atoms in total. The number of benzene rings is 2. The van der Waals surface area contributed by atoms with Crippen molar-refractivity contribution >= 4 is 69.2 Å². The summed E-state index contributed by atoms with van der Waals surface area (Å²) in [7, 11) is 0. The van der Waals surface area contributed by atoms with Gasteiger partial charge in [-0.1, -0.05) is 35.9 Å². The summed E-state index contributed by atoms with van der Waals surface area (Å²) in [5, 5.41) is 4.07. The molecule has 1 aliphatic heterocycles. The molecule has 2 aromatic carbocycles. The molecule has 0 bridgehead atoms. The fourth-order valence-electron chi connectivity index (χ4n) is 5.35. The third-order valence-electron chi connectivity index (χ3n) is 7.23. The number of imide groups is 1. The summed E-state index contributed by atoms with van der Waals surface area (Å²) in [6, 6.07) is 18.2. The molecule has 2 aliphatic rings. The van der Waals surface area contributed by atoms with E-state index in [-0.39, 0.29) is 17.1 Å². The van der Waals surface area contributed by atoms with Crippen LogP contribution in [-0.2, 0) is 17.6 Å². The highest BCUT2D eigenvalue weighted by Gasteiger charge is 2.37. The average Bonchev–Trinajstić information content (AvgIpc) is 3.54. The van der Waals surface area contributed by atoms with Crippen molar-refractivity contribution < 1.29 is 14.4 Å². The Bertz CT molecular complexity index is 1700. The van der Waals surface area contributed by atoms with E-state index < -0.39 is 0 Å². The number of nitrogens with one attached hydrogen (secondary N) is 1. The molecule has 0 saturated carbocycles. The number of carbonyl (C=O) groups is 3. The highest BCUT2D eigenvalue weighted by molar-refractivity contribution is 8.19. The Balaban J connectivity index is 1.39. The number of thiophene rings is 1. The molecule has 0 unspecified atom stereocenters. The monoisotopic (exact) mass is 587 g/mol. The van der Waals surface area contributed by atoms with Crippen LogP contribution < -0.4 is 10.2 Å². The summed E-state index contributed by atoms with van der Waals surface area (Å²) in [4.78, 5) is 42.5. The maximum absolute atomic E-state index is 13.7. The largest absolute Gasteiger partial charge is 0.322 e. The second kappa shape index (κ2) is 10.8. The van der Waals surface area contributed by atoms with E-state index in [9.17, 15) is 14.4 Å². The summed E-state index contributed by atoms with van der Waals surface area (Å²) >= 11 is 8.69. The van der Waals surface area contributed by atoms with Crippen LogP contribution >= 0.6 is 34.7 Å². The second-order valence-electron chi connectivity index (χ2n) is 9.87. The minimum Gasteiger partial charge on any atom is -0.322 e. The van der Waals surface area contributed by atoms with E-state index >= 15 is 0 Å². The molecule has 2 aromatic heterocycles. The summed E-state index contributed by atoms with van der Waals surface area (Å²) in [6.45, 7) is 3.98. The molecule has 1 fully saturated rings. The molecule has 1 N–H and O–H groups in total. The van der Waals surface area contributed by atoms with Gasteiger partial charge in [0.15, 0.2) is 0 Å². The molecule has 3 heterocycles. The van der Waals surface area contributed by atoms with E-state index in [1.165, 1.54) is 4.88 Å². The highest BCUT2D eigenvalue weighted by Crippen LogP contribution is 2.41. The van der Waals surface area contributed by atoms with Crippen molar-refractivity contribution in [2.24, 2.45) is 0 Å². The number of halogens is 1. The predicted molar refractivity (Wildman–Crippen MR) is 164 cm³/mol. The number of aryl methyl sites for hydroxylation is 2. The molecule has 202 valence electrons. The van der Waals surface area contributed by atoms with Crippen molar-refractivity contribution in [2.75, 3.05) is 10.2 Å². The lowest BCUT2D eigenvalue weighted by atomic mass is 9.95. The number of nitrogens with zero attached hydrogens (tertiary/aromatic N) is 2. The average molecular weight is 588 g/mol. The van der Waals surface area contributed by atoms with Gasteiger partial charge in [-0.3, -0.25) is 14.4 Å². The first kappa shape index (κ1) is 26.6. The highest BCUT2D eigenvalue weighted by atomic mass is 35.5. The normalized spacial score (nSPS) is 16.1. The number of anilines is 2. The lowest BCUT2D eigenvalue weighted by Crippen LogP contribution is -2.27. The summed E-state index contributed by atoms with van der Waals surface area (Å²) < 4.78 is 2.11. The van der Waals surface area contributed by atoms with E-state index in [4.69, 9.17) is 11.6 Å². The number of aromatic nitrogens is 1. The minimum absolute atomic E-state index is 0.114. The van der Waals surface area contributed by atoms with E-state index in [0.717, 1.165) is 81.1 Å². The minimum atomic E-state index is -0.378. The molecule has 0 spiro atoms. The maximum atomic E-state index is 13.7. The smallest absolute Gasteiger partial charge is 0.298 e. The van der Waals surface area contributed by atoms with Crippen LogP contribution in [0.15, 0.2) is 65.6 Å². The van der Waals surface area contributed by atoms with Gasteiger partial charge in [0.1, 0.15) is 5.00 Å². The first-order chi connectivity index (χ1) is 19.3. The summed E-state index contributed by atoms with van der Waals surface area (Å²) in [5.74, 6) is -0.492. The molecule has 1 saturated heterocycles. The number of hydrogen-bond acceptors (Lipinski definition) is 5. The van der Waals surface area contributed by atoms with Crippen LogP contribution in [0.4, 0.5) is 16.2 Å². The fourth-order valence-corrected chi connectivity index (χ4v) is 7.87. The van der Waals surface area contributed by atoms with Gasteiger partial charge in [0.2, 0.25) is 0 Å². The zero-order valence-electron chi connectivity index (χ0n) is 22.0. The third-order valence-corrected chi connectivity index (χ3v) is 9.61. The van der Waals surface area contributed by atoms with Crippen LogP contribution in [0.2, 0.25) is 5.02 Å². The van der Waals surface area contributed by atoms with Gasteiger partial charge in [0, 0.05) is 27.0 Å². The van der Waals surface area contributed by atoms with Crippen LogP contribution in [0, 0.1) is 13.8 Å². The molecule has 40 heavy (non-hydrogen) atoms. The Hall–Kier alpha value is -3.59. The van der Waals surface area contributed by atoms with Gasteiger partial charge in [-0.05, 0) is 105 Å². The number of para-hydroxylation sites is 1. The van der Waals surface area contributed by atoms with Gasteiger partial charge < -0.3 is 9.88 Å². The number of thioether (sulfide) groups is 1. The standard InChI is InChI=1S/C31H26ClN3O3S2/c1-18-15-20(16-26-29(37)35(31(38)40-26)23-12-8-9-21(32)17-23)19(2)34(18)30-27(24-13-6-7-14-25(24)39-30)28(36)33-22-10-4-3-5-11-22/h3-5,8-12,15-17H,6-7,13-14H2,1-2H3,(H,33,36)/b26-16+. The van der Waals surface area contributed by atoms with Crippen molar-refractivity contribution in [3.63, 3.8) is 0 Å². The van der Waals surface area contributed by atoms with Crippen molar-refractivity contribution in [1.82, 2.24) is 4.57 Å². The van der Waals surface area contributed by atoms with Crippen molar-refractivity contribution in [3.8, 4) is 5.00 Å². The van der Waals surface area contributed by atoms with Crippen LogP contribution in [0.3, 0.4) is 0 Å². The Kier molecular flexibility index (Phi) is 7.16. The molecule has 3 amide bonds. The molecule has 0 atom stereocenters. The molecule has 6 rings (SSSR count). The SMILES string of the molecule is Cc1cc(/C=C2/SC(=O)N(c3cccc(Cl)c3)C2=O)c(C)n1-c1sc2c(c1C(=O)Nc1ccccc1)CCCC2. The van der Waals surface area contributed by atoms with Gasteiger partial charge in [-0.2, -0.15) is 0 Å². The van der Waals surface area contributed by atoms with Gasteiger partial charge in [0.25, 0.3) is 17.1 Å². The Morgan fingerprint density at radius 3 is 2.55 bits per heavy atom. The van der Waals surface area contributed by atoms with Crippen molar-refractivity contribution in [2.45, 2.75) is 39.5 Å². The van der Waals surface area contributed by atoms with Crippen LogP contribution in [-0.4, -0.2) is 21.6 Å². The number of fused-ring (bicyclic) bond motifs is 1. The zero-order valence-corrected chi connectivity index (χ0v) is 24.4. The first-order valence-corrected chi connectivity index (χ1v) is 15.1. The maximum Gasteiger partial charge on any atom is 0.298 e. The van der Waals surface area contributed by atoms with E-state index in [2.05, 4.69) is 9.88 Å². The van der Waals surface area contributed by atoms with Crippen molar-refractivity contribution in [3.05, 3.63) is 104 Å². The summed E-state index contributed by atoms with van der Waals surface area (Å²) in [6.07, 6.45) is 5.79. The third kappa shape index (κ3) is 4.80. The van der Waals surface area contributed by atoms with E-state index in [1.54, 1.807) is 41.7 Å². The van der Waals surface area contributed by atoms with Gasteiger partial charge >= 0.3 is 0 Å². The molecule has 1 aliphatic carbocycles. The Morgan fingerprint density at radius 2 is 1.77 bits per heavy atom. The number of hydrogen-bond donors (Lipinski definition) is 1. The van der Waals surface area contributed by atoms with E-state index in [1.807, 2.05) is 50.2 Å². The molecule has 9 heteroatoms. The van der Waals surface area contributed by atoms with Crippen molar-refractivity contribution in [1.29, 1.82) is 0 Å². The second-order valence-corrected chi connectivity index (χ2v) is 12.4. The lowest BCUT2D eigenvalue weighted by molar-refractivity contribution is -0.113. The molecule has 4 aromatic rings. The number of carbonyl (C=O) groups excluding carboxylic acids is 3. The quantitative estimate of drug-likeness (QED) is 0.239. The van der Waals surface area contributed by atoms with E-state index in [0.29, 0.717) is 15.6 Å². The van der Waals surface area contributed by atoms with Crippen LogP contribution in [0.25, 0.3) is 11.1 Å². The Labute approximate surface area is 245 Å². The molecular formula is C31H26ClN3O3S2. The lowest BCUT2D eigenvalue weighted by Gasteiger charge is -2.14. The molecular weight excluding hydrogens is 562 g/mol. The zero-order chi connectivity index (χ0) is 28.0. The predicted octanol–water partition coefficient (Wildman–Crippen LogP) is 8.18. The molecule has 0 radical (unpaired) electrons.